The Morgan fingerprint density at radius 3 is 2.77 bits per heavy atom. The number of nitrogens with one attached hydrogen (secondary N) is 2. The number of para-hydroxylation sites is 2. The molecule has 6 rings (SSSR count). The number of hydrogen-bond acceptors (Lipinski definition) is 8. The lowest BCUT2D eigenvalue weighted by Gasteiger charge is -2.39. The van der Waals surface area contributed by atoms with Crippen LogP contribution in [0.4, 0.5) is 4.39 Å². The van der Waals surface area contributed by atoms with Crippen molar-refractivity contribution in [1.29, 1.82) is 0 Å². The molecule has 0 aliphatic carbocycles. The van der Waals surface area contributed by atoms with Crippen LogP contribution in [0.25, 0.3) is 11.1 Å². The Bertz CT molecular complexity index is 1800. The Hall–Kier alpha value is -5.33. The van der Waals surface area contributed by atoms with Crippen LogP contribution in [0, 0.1) is 5.82 Å². The Labute approximate surface area is 250 Å². The highest BCUT2D eigenvalue weighted by atomic mass is 19.1. The van der Waals surface area contributed by atoms with Crippen LogP contribution in [0.15, 0.2) is 69.9 Å². The minimum Gasteiger partial charge on any atom is -0.493 e. The summed E-state index contributed by atoms with van der Waals surface area (Å²) in [5.41, 5.74) is 1.60. The SMILES string of the molecule is COc1ccc2cc1OCC(=O)N[C@@H]1CN(C(=O)Cn3c(=O)oc4ccccc43)CC[C@@H]1Oc1cc(F)cc(c1)CNC2=O. The predicted molar refractivity (Wildman–Crippen MR) is 154 cm³/mol. The molecular formula is C31H29FN4O8. The van der Waals surface area contributed by atoms with Gasteiger partial charge in [0.1, 0.15) is 24.2 Å². The number of amides is 3. The second-order valence-electron chi connectivity index (χ2n) is 10.5. The van der Waals surface area contributed by atoms with Crippen molar-refractivity contribution >= 4 is 28.8 Å². The average molecular weight is 605 g/mol. The quantitative estimate of drug-likeness (QED) is 0.363. The van der Waals surface area contributed by atoms with Crippen molar-refractivity contribution in [1.82, 2.24) is 20.1 Å². The topological polar surface area (TPSA) is 141 Å². The lowest BCUT2D eigenvalue weighted by atomic mass is 10.0. The van der Waals surface area contributed by atoms with Crippen molar-refractivity contribution in [2.75, 3.05) is 26.8 Å². The smallest absolute Gasteiger partial charge is 0.420 e. The van der Waals surface area contributed by atoms with Crippen molar-refractivity contribution < 1.29 is 37.4 Å². The monoisotopic (exact) mass is 604 g/mol. The number of fused-ring (bicyclic) bond motifs is 6. The first-order valence-corrected chi connectivity index (χ1v) is 14.0. The number of oxazole rings is 1. The molecule has 2 atom stereocenters. The third-order valence-electron chi connectivity index (χ3n) is 7.57. The van der Waals surface area contributed by atoms with Gasteiger partial charge >= 0.3 is 5.76 Å². The van der Waals surface area contributed by atoms with Crippen LogP contribution >= 0.6 is 0 Å². The molecule has 1 saturated heterocycles. The summed E-state index contributed by atoms with van der Waals surface area (Å²) in [4.78, 5) is 53.3. The van der Waals surface area contributed by atoms with E-state index in [1.54, 1.807) is 42.5 Å². The lowest BCUT2D eigenvalue weighted by Crippen LogP contribution is -2.59. The Balaban J connectivity index is 1.26. The summed E-state index contributed by atoms with van der Waals surface area (Å²) < 4.78 is 38.3. The van der Waals surface area contributed by atoms with Gasteiger partial charge in [0.15, 0.2) is 23.7 Å². The minimum atomic E-state index is -0.700. The first-order valence-electron chi connectivity index (χ1n) is 14.0. The number of methoxy groups -OCH3 is 1. The van der Waals surface area contributed by atoms with E-state index in [4.69, 9.17) is 18.6 Å². The molecular weight excluding hydrogens is 575 g/mol. The van der Waals surface area contributed by atoms with Gasteiger partial charge in [-0.1, -0.05) is 12.1 Å². The molecule has 44 heavy (non-hydrogen) atoms. The highest BCUT2D eigenvalue weighted by Crippen LogP contribution is 2.29. The Morgan fingerprint density at radius 2 is 1.93 bits per heavy atom. The first kappa shape index (κ1) is 28.8. The summed E-state index contributed by atoms with van der Waals surface area (Å²) in [5, 5.41) is 5.63. The molecule has 0 saturated carbocycles. The maximum Gasteiger partial charge on any atom is 0.420 e. The summed E-state index contributed by atoms with van der Waals surface area (Å²) in [6.45, 7) is -0.306. The van der Waals surface area contributed by atoms with Crippen LogP contribution in [0.1, 0.15) is 22.3 Å². The number of ether oxygens (including phenoxy) is 3. The van der Waals surface area contributed by atoms with E-state index in [0.717, 1.165) is 0 Å². The zero-order valence-corrected chi connectivity index (χ0v) is 23.7. The van der Waals surface area contributed by atoms with Gasteiger partial charge in [-0.15, -0.1) is 0 Å². The van der Waals surface area contributed by atoms with E-state index in [0.29, 0.717) is 28.8 Å². The number of aromatic nitrogens is 1. The van der Waals surface area contributed by atoms with Gasteiger partial charge in [-0.25, -0.2) is 9.18 Å². The predicted octanol–water partition coefficient (Wildman–Crippen LogP) is 2.23. The van der Waals surface area contributed by atoms with E-state index in [1.165, 1.54) is 34.8 Å². The normalized spacial score (nSPS) is 18.8. The number of hydrogen-bond donors (Lipinski definition) is 2. The van der Waals surface area contributed by atoms with E-state index in [-0.39, 0.29) is 49.1 Å². The fourth-order valence-electron chi connectivity index (χ4n) is 5.41. The van der Waals surface area contributed by atoms with E-state index in [2.05, 4.69) is 10.6 Å². The number of nitrogens with zero attached hydrogens (tertiary/aromatic N) is 2. The number of halogens is 1. The minimum absolute atomic E-state index is 0.0321. The van der Waals surface area contributed by atoms with Gasteiger partial charge in [0.05, 0.1) is 18.7 Å². The molecule has 4 bridgehead atoms. The summed E-state index contributed by atoms with van der Waals surface area (Å²) in [6, 6.07) is 14.8. The van der Waals surface area contributed by atoms with Gasteiger partial charge < -0.3 is 34.2 Å². The van der Waals surface area contributed by atoms with Crippen molar-refractivity contribution in [3.8, 4) is 17.2 Å². The molecule has 1 fully saturated rings. The molecule has 2 aliphatic rings. The van der Waals surface area contributed by atoms with Gasteiger partial charge in [-0.3, -0.25) is 19.0 Å². The molecule has 0 radical (unpaired) electrons. The summed E-state index contributed by atoms with van der Waals surface area (Å²) >= 11 is 0. The third kappa shape index (κ3) is 6.07. The fraction of sp³-hybridized carbons (Fsp3) is 0.290. The molecule has 4 aromatic rings. The number of carbonyl (C=O) groups excluding carboxylic acids is 3. The Kier molecular flexibility index (Phi) is 7.92. The third-order valence-corrected chi connectivity index (χ3v) is 7.57. The molecule has 3 heterocycles. The molecule has 228 valence electrons. The van der Waals surface area contributed by atoms with Crippen LogP contribution in [-0.2, 0) is 22.7 Å². The van der Waals surface area contributed by atoms with Crippen LogP contribution in [-0.4, -0.2) is 66.1 Å². The van der Waals surface area contributed by atoms with Gasteiger partial charge in [0.2, 0.25) is 5.91 Å². The molecule has 0 spiro atoms. The largest absolute Gasteiger partial charge is 0.493 e. The van der Waals surface area contributed by atoms with Crippen LogP contribution in [0.3, 0.4) is 0 Å². The maximum absolute atomic E-state index is 14.6. The summed E-state index contributed by atoms with van der Waals surface area (Å²) in [6.07, 6.45) is -0.327. The van der Waals surface area contributed by atoms with E-state index in [9.17, 15) is 23.6 Å². The molecule has 0 unspecified atom stereocenters. The molecule has 2 N–H and O–H groups in total. The van der Waals surface area contributed by atoms with Crippen molar-refractivity contribution in [2.45, 2.75) is 31.7 Å². The van der Waals surface area contributed by atoms with Crippen LogP contribution in [0.5, 0.6) is 17.2 Å². The highest BCUT2D eigenvalue weighted by Gasteiger charge is 2.35. The number of likely N-dealkylation sites (tertiary alicyclic amines) is 1. The molecule has 13 heteroatoms. The zero-order chi connectivity index (χ0) is 30.8. The van der Waals surface area contributed by atoms with Gasteiger partial charge in [-0.05, 0) is 48.0 Å². The van der Waals surface area contributed by atoms with E-state index in [1.807, 2.05) is 0 Å². The number of piperidine rings is 1. The molecule has 3 aromatic carbocycles. The van der Waals surface area contributed by atoms with Crippen molar-refractivity contribution in [2.24, 2.45) is 0 Å². The molecule has 3 amide bonds. The Morgan fingerprint density at radius 1 is 1.09 bits per heavy atom. The van der Waals surface area contributed by atoms with Gasteiger partial charge in [0.25, 0.3) is 11.8 Å². The maximum atomic E-state index is 14.6. The van der Waals surface area contributed by atoms with Gasteiger partial charge in [0, 0.05) is 37.7 Å². The standard InChI is InChI=1S/C31H29FN4O8/c1-41-26-7-6-19-12-27(26)42-17-28(37)34-22-15-35(29(38)16-36-23-4-2-3-5-25(23)44-31(36)40)9-8-24(22)43-21-11-18(10-20(32)13-21)14-33-30(19)39/h2-7,10-13,22,24H,8-9,14-17H2,1H3,(H,33,39)(H,34,37)/t22-,24+/m1/s1. The van der Waals surface area contributed by atoms with Gasteiger partial charge in [-0.2, -0.15) is 0 Å². The average Bonchev–Trinajstić information content (AvgIpc) is 3.33. The fourth-order valence-corrected chi connectivity index (χ4v) is 5.41. The second kappa shape index (κ2) is 12.1. The number of rotatable bonds is 3. The molecule has 1 aromatic heterocycles. The number of benzene rings is 3. The van der Waals surface area contributed by atoms with Crippen molar-refractivity contribution in [3.63, 3.8) is 0 Å². The second-order valence-corrected chi connectivity index (χ2v) is 10.5. The molecule has 2 aliphatic heterocycles. The lowest BCUT2D eigenvalue weighted by molar-refractivity contribution is -0.136. The summed E-state index contributed by atoms with van der Waals surface area (Å²) in [5.74, 6) is -1.78. The first-order chi connectivity index (χ1) is 21.3. The van der Waals surface area contributed by atoms with E-state index < -0.39 is 42.1 Å². The van der Waals surface area contributed by atoms with Crippen LogP contribution in [0.2, 0.25) is 0 Å². The molecule has 12 nitrogen and oxygen atoms in total. The summed E-state index contributed by atoms with van der Waals surface area (Å²) in [7, 11) is 1.44. The zero-order valence-electron chi connectivity index (χ0n) is 23.7. The van der Waals surface area contributed by atoms with Crippen molar-refractivity contribution in [3.05, 3.63) is 88.2 Å². The van der Waals surface area contributed by atoms with Crippen LogP contribution < -0.4 is 30.6 Å². The highest BCUT2D eigenvalue weighted by molar-refractivity contribution is 5.95. The number of carbonyl (C=O) groups is 3. The van der Waals surface area contributed by atoms with E-state index >= 15 is 0 Å².